The van der Waals surface area contributed by atoms with E-state index in [0.717, 1.165) is 13.0 Å². The van der Waals surface area contributed by atoms with Crippen LogP contribution in [0.3, 0.4) is 0 Å². The summed E-state index contributed by atoms with van der Waals surface area (Å²) in [5.74, 6) is -0.320. The Balaban J connectivity index is 2.42. The lowest BCUT2D eigenvalue weighted by molar-refractivity contribution is 0.198. The van der Waals surface area contributed by atoms with E-state index in [9.17, 15) is 4.39 Å². The van der Waals surface area contributed by atoms with Gasteiger partial charge in [-0.3, -0.25) is 0 Å². The average molecular weight is 198 g/mol. The molecule has 1 aromatic rings. The molecule has 14 heavy (non-hydrogen) atoms. The zero-order valence-electron chi connectivity index (χ0n) is 8.22. The van der Waals surface area contributed by atoms with E-state index < -0.39 is 0 Å². The Bertz CT molecular complexity index is 271. The molecule has 0 aliphatic rings. The number of hydrogen-bond donors (Lipinski definition) is 2. The Labute approximate surface area is 83.1 Å². The number of anilines is 2. The third-order valence-corrected chi connectivity index (χ3v) is 1.77. The van der Waals surface area contributed by atoms with E-state index >= 15 is 0 Å². The van der Waals surface area contributed by atoms with E-state index in [4.69, 9.17) is 10.5 Å². The van der Waals surface area contributed by atoms with E-state index in [1.54, 1.807) is 13.2 Å². The number of benzene rings is 1. The molecule has 3 nitrogen and oxygen atoms in total. The van der Waals surface area contributed by atoms with Gasteiger partial charge in [0.15, 0.2) is 0 Å². The summed E-state index contributed by atoms with van der Waals surface area (Å²) in [6.07, 6.45) is 0.882. The van der Waals surface area contributed by atoms with Crippen LogP contribution in [-0.2, 0) is 4.74 Å². The van der Waals surface area contributed by atoms with E-state index in [2.05, 4.69) is 5.32 Å². The Morgan fingerprint density at radius 3 is 2.86 bits per heavy atom. The minimum atomic E-state index is -0.320. The molecule has 1 aromatic carbocycles. The van der Waals surface area contributed by atoms with Crippen LogP contribution in [0.5, 0.6) is 0 Å². The maximum atomic E-state index is 12.9. The van der Waals surface area contributed by atoms with Crippen LogP contribution in [0.1, 0.15) is 6.42 Å². The lowest BCUT2D eigenvalue weighted by atomic mass is 10.2. The topological polar surface area (TPSA) is 47.3 Å². The summed E-state index contributed by atoms with van der Waals surface area (Å²) in [5, 5.41) is 3.06. The summed E-state index contributed by atoms with van der Waals surface area (Å²) < 4.78 is 17.7. The van der Waals surface area contributed by atoms with Gasteiger partial charge >= 0.3 is 0 Å². The smallest absolute Gasteiger partial charge is 0.127 e. The van der Waals surface area contributed by atoms with Crippen molar-refractivity contribution >= 4 is 11.4 Å². The van der Waals surface area contributed by atoms with Crippen LogP contribution in [0.2, 0.25) is 0 Å². The van der Waals surface area contributed by atoms with Gasteiger partial charge in [-0.2, -0.15) is 0 Å². The summed E-state index contributed by atoms with van der Waals surface area (Å²) in [7, 11) is 1.65. The predicted octanol–water partition coefficient (Wildman–Crippen LogP) is 1.86. The van der Waals surface area contributed by atoms with E-state index in [1.165, 1.54) is 12.1 Å². The number of nitrogens with one attached hydrogen (secondary N) is 1. The van der Waals surface area contributed by atoms with Crippen molar-refractivity contribution in [2.24, 2.45) is 0 Å². The van der Waals surface area contributed by atoms with Crippen molar-refractivity contribution in [3.05, 3.63) is 24.0 Å². The number of hydrogen-bond acceptors (Lipinski definition) is 3. The zero-order chi connectivity index (χ0) is 10.4. The van der Waals surface area contributed by atoms with Gasteiger partial charge in [-0.05, 0) is 24.6 Å². The predicted molar refractivity (Wildman–Crippen MR) is 55.8 cm³/mol. The van der Waals surface area contributed by atoms with Gasteiger partial charge in [0.2, 0.25) is 0 Å². The molecule has 3 N–H and O–H groups in total. The molecule has 4 heteroatoms. The molecule has 78 valence electrons. The highest BCUT2D eigenvalue weighted by Crippen LogP contribution is 2.15. The highest BCUT2D eigenvalue weighted by atomic mass is 19.1. The molecule has 1 rings (SSSR count). The first-order valence-corrected chi connectivity index (χ1v) is 4.51. The van der Waals surface area contributed by atoms with Gasteiger partial charge in [0.1, 0.15) is 5.82 Å². The molecule has 0 saturated heterocycles. The van der Waals surface area contributed by atoms with Gasteiger partial charge in [-0.15, -0.1) is 0 Å². The first-order valence-electron chi connectivity index (χ1n) is 4.51. The lowest BCUT2D eigenvalue weighted by Gasteiger charge is -2.06. The second-order valence-electron chi connectivity index (χ2n) is 3.05. The molecule has 0 saturated carbocycles. The summed E-state index contributed by atoms with van der Waals surface area (Å²) in [5.41, 5.74) is 6.62. The molecule has 0 radical (unpaired) electrons. The first kappa shape index (κ1) is 10.8. The monoisotopic (exact) mass is 198 g/mol. The fourth-order valence-corrected chi connectivity index (χ4v) is 1.16. The van der Waals surface area contributed by atoms with Crippen molar-refractivity contribution in [2.75, 3.05) is 31.3 Å². The standard InChI is InChI=1S/C10H15FN2O/c1-14-4-2-3-13-10-6-8(11)5-9(12)7-10/h5-7,13H,2-4,12H2,1H3. The van der Waals surface area contributed by atoms with E-state index in [0.29, 0.717) is 18.0 Å². The molecule has 0 aliphatic carbocycles. The summed E-state index contributed by atoms with van der Waals surface area (Å²) in [6.45, 7) is 1.44. The summed E-state index contributed by atoms with van der Waals surface area (Å²) >= 11 is 0. The quantitative estimate of drug-likeness (QED) is 0.560. The number of halogens is 1. The van der Waals surface area contributed by atoms with Crippen LogP contribution in [0.4, 0.5) is 15.8 Å². The van der Waals surface area contributed by atoms with Crippen LogP contribution >= 0.6 is 0 Å². The second kappa shape index (κ2) is 5.44. The maximum absolute atomic E-state index is 12.9. The molecule has 0 heterocycles. The van der Waals surface area contributed by atoms with Crippen molar-refractivity contribution in [1.82, 2.24) is 0 Å². The Morgan fingerprint density at radius 2 is 2.21 bits per heavy atom. The van der Waals surface area contributed by atoms with E-state index in [1.807, 2.05) is 0 Å². The number of nitrogen functional groups attached to an aromatic ring is 1. The summed E-state index contributed by atoms with van der Waals surface area (Å²) in [4.78, 5) is 0. The highest BCUT2D eigenvalue weighted by Gasteiger charge is 1.97. The van der Waals surface area contributed by atoms with Crippen molar-refractivity contribution in [2.45, 2.75) is 6.42 Å². The van der Waals surface area contributed by atoms with Gasteiger partial charge < -0.3 is 15.8 Å². The lowest BCUT2D eigenvalue weighted by Crippen LogP contribution is -2.05. The van der Waals surface area contributed by atoms with Crippen LogP contribution in [0, 0.1) is 5.82 Å². The minimum absolute atomic E-state index is 0.320. The molecule has 0 fully saturated rings. The largest absolute Gasteiger partial charge is 0.399 e. The van der Waals surface area contributed by atoms with Crippen LogP contribution in [0.25, 0.3) is 0 Å². The average Bonchev–Trinajstić information content (AvgIpc) is 2.11. The van der Waals surface area contributed by atoms with Crippen molar-refractivity contribution < 1.29 is 9.13 Å². The molecule has 0 aliphatic heterocycles. The molecule has 0 atom stereocenters. The van der Waals surface area contributed by atoms with Gasteiger partial charge in [0.05, 0.1) is 0 Å². The van der Waals surface area contributed by atoms with Crippen molar-refractivity contribution in [1.29, 1.82) is 0 Å². The molecular formula is C10H15FN2O. The van der Waals surface area contributed by atoms with Crippen LogP contribution in [0.15, 0.2) is 18.2 Å². The normalized spacial score (nSPS) is 10.1. The van der Waals surface area contributed by atoms with Crippen LogP contribution < -0.4 is 11.1 Å². The second-order valence-corrected chi connectivity index (χ2v) is 3.05. The molecular weight excluding hydrogens is 183 g/mol. The fourth-order valence-electron chi connectivity index (χ4n) is 1.16. The number of methoxy groups -OCH3 is 1. The van der Waals surface area contributed by atoms with Gasteiger partial charge in [-0.1, -0.05) is 0 Å². The Hall–Kier alpha value is -1.29. The third-order valence-electron chi connectivity index (χ3n) is 1.77. The first-order chi connectivity index (χ1) is 6.72. The van der Waals surface area contributed by atoms with Crippen molar-refractivity contribution in [3.8, 4) is 0 Å². The minimum Gasteiger partial charge on any atom is -0.399 e. The highest BCUT2D eigenvalue weighted by molar-refractivity contribution is 5.54. The third kappa shape index (κ3) is 3.62. The maximum Gasteiger partial charge on any atom is 0.127 e. The summed E-state index contributed by atoms with van der Waals surface area (Å²) in [6, 6.07) is 4.42. The Kier molecular flexibility index (Phi) is 4.19. The number of rotatable bonds is 5. The Morgan fingerprint density at radius 1 is 1.43 bits per heavy atom. The fraction of sp³-hybridized carbons (Fsp3) is 0.400. The van der Waals surface area contributed by atoms with Crippen LogP contribution in [-0.4, -0.2) is 20.3 Å². The number of ether oxygens (including phenoxy) is 1. The van der Waals surface area contributed by atoms with Gasteiger partial charge in [-0.25, -0.2) is 4.39 Å². The molecule has 0 spiro atoms. The zero-order valence-corrected chi connectivity index (χ0v) is 8.22. The van der Waals surface area contributed by atoms with E-state index in [-0.39, 0.29) is 5.82 Å². The SMILES string of the molecule is COCCCNc1cc(N)cc(F)c1. The molecule has 0 aromatic heterocycles. The molecule has 0 amide bonds. The molecule has 0 bridgehead atoms. The van der Waals surface area contributed by atoms with Crippen molar-refractivity contribution in [3.63, 3.8) is 0 Å². The number of nitrogens with two attached hydrogens (primary N) is 1. The van der Waals surface area contributed by atoms with Gasteiger partial charge in [0.25, 0.3) is 0 Å². The molecule has 0 unspecified atom stereocenters. The van der Waals surface area contributed by atoms with Gasteiger partial charge in [0, 0.05) is 31.6 Å².